The molecule has 0 radical (unpaired) electrons. The van der Waals surface area contributed by atoms with Crippen molar-refractivity contribution in [1.82, 2.24) is 15.1 Å². The number of fused-ring (bicyclic) bond motifs is 1. The van der Waals surface area contributed by atoms with Crippen LogP contribution in [0.25, 0.3) is 0 Å². The van der Waals surface area contributed by atoms with Gasteiger partial charge in [-0.15, -0.1) is 13.2 Å². The highest BCUT2D eigenvalue weighted by molar-refractivity contribution is 9.09. The van der Waals surface area contributed by atoms with Crippen LogP contribution in [-0.2, 0) is 28.7 Å². The summed E-state index contributed by atoms with van der Waals surface area (Å²) in [5.41, 5.74) is -0.581. The summed E-state index contributed by atoms with van der Waals surface area (Å²) in [5.74, 6) is -3.21. The Bertz CT molecular complexity index is 1370. The third-order valence-corrected chi connectivity index (χ3v) is 11.5. The Kier molecular flexibility index (Phi) is 12.4. The molecule has 1 saturated carbocycles. The Labute approximate surface area is 298 Å². The first-order valence-corrected chi connectivity index (χ1v) is 18.8. The minimum absolute atomic E-state index is 0.0109. The number of rotatable bonds is 16. The van der Waals surface area contributed by atoms with E-state index in [1.165, 1.54) is 0 Å². The van der Waals surface area contributed by atoms with E-state index in [9.17, 15) is 24.3 Å². The third kappa shape index (κ3) is 7.54. The highest BCUT2D eigenvalue weighted by atomic mass is 79.9. The lowest BCUT2D eigenvalue weighted by molar-refractivity contribution is -0.161. The number of carbonyl (C=O) groups is 4. The summed E-state index contributed by atoms with van der Waals surface area (Å²) in [6, 6.07) is 7.54. The molecule has 1 aromatic carbocycles. The van der Waals surface area contributed by atoms with Crippen LogP contribution in [-0.4, -0.2) is 93.0 Å². The molecule has 4 aliphatic rings. The van der Waals surface area contributed by atoms with E-state index in [2.05, 4.69) is 34.4 Å². The van der Waals surface area contributed by atoms with Crippen LogP contribution in [0, 0.1) is 17.8 Å². The molecule has 2 N–H and O–H groups in total. The van der Waals surface area contributed by atoms with Gasteiger partial charge >= 0.3 is 5.97 Å². The molecule has 3 saturated heterocycles. The maximum atomic E-state index is 14.9. The van der Waals surface area contributed by atoms with Crippen molar-refractivity contribution in [3.05, 3.63) is 61.2 Å². The molecule has 3 heterocycles. The van der Waals surface area contributed by atoms with Crippen LogP contribution in [0.1, 0.15) is 83.3 Å². The Morgan fingerprint density at radius 3 is 2.51 bits per heavy atom. The molecule has 1 aromatic rings. The van der Waals surface area contributed by atoms with Crippen LogP contribution < -0.4 is 5.32 Å². The molecule has 0 aromatic heterocycles. The average molecular weight is 743 g/mol. The normalized spacial score (nSPS) is 29.0. The highest BCUT2D eigenvalue weighted by Gasteiger charge is 2.77. The number of likely N-dealkylation sites (tertiary alicyclic amines) is 1. The van der Waals surface area contributed by atoms with Gasteiger partial charge in [-0.25, -0.2) is 0 Å². The second-order valence-electron chi connectivity index (χ2n) is 14.4. The van der Waals surface area contributed by atoms with Gasteiger partial charge in [0.05, 0.1) is 37.1 Å². The molecule has 49 heavy (non-hydrogen) atoms. The van der Waals surface area contributed by atoms with Crippen molar-refractivity contribution in [2.45, 2.75) is 112 Å². The number of alkyl halides is 1. The van der Waals surface area contributed by atoms with Gasteiger partial charge in [0.15, 0.2) is 0 Å². The molecule has 3 amide bonds. The molecule has 2 bridgehead atoms. The number of hydrogen-bond acceptors (Lipinski definition) is 7. The summed E-state index contributed by atoms with van der Waals surface area (Å²) < 4.78 is 13.0. The lowest BCUT2D eigenvalue weighted by Crippen LogP contribution is -2.60. The summed E-state index contributed by atoms with van der Waals surface area (Å²) in [4.78, 5) is 59.7. The maximum Gasteiger partial charge on any atom is 0.313 e. The Morgan fingerprint density at radius 2 is 1.88 bits per heavy atom. The summed E-state index contributed by atoms with van der Waals surface area (Å²) in [5, 5.41) is 13.6. The number of hydrogen-bond donors (Lipinski definition) is 2. The van der Waals surface area contributed by atoms with Gasteiger partial charge < -0.3 is 29.7 Å². The van der Waals surface area contributed by atoms with Gasteiger partial charge in [0.2, 0.25) is 17.7 Å². The number of allylic oxidation sites excluding steroid dienone is 1. The molecule has 5 rings (SSSR count). The summed E-state index contributed by atoms with van der Waals surface area (Å²) in [6.45, 7) is 11.7. The van der Waals surface area contributed by atoms with E-state index >= 15 is 0 Å². The minimum Gasteiger partial charge on any atom is -0.455 e. The van der Waals surface area contributed by atoms with E-state index in [1.54, 1.807) is 17.1 Å². The minimum atomic E-state index is -1.28. The molecule has 10 nitrogen and oxygen atoms in total. The summed E-state index contributed by atoms with van der Waals surface area (Å²) in [6.07, 6.45) is 8.42. The van der Waals surface area contributed by atoms with Gasteiger partial charge in [-0.05, 0) is 43.6 Å². The molecule has 4 fully saturated rings. The molecular formula is C38H52BrN3O7. The Hall–Kier alpha value is -3.02. The lowest BCUT2D eigenvalue weighted by atomic mass is 9.70. The van der Waals surface area contributed by atoms with Crippen LogP contribution in [0.3, 0.4) is 0 Å². The van der Waals surface area contributed by atoms with Crippen molar-refractivity contribution in [2.75, 3.05) is 19.7 Å². The van der Waals surface area contributed by atoms with Gasteiger partial charge in [0.25, 0.3) is 0 Å². The quantitative estimate of drug-likeness (QED) is 0.141. The van der Waals surface area contributed by atoms with Crippen molar-refractivity contribution >= 4 is 39.6 Å². The van der Waals surface area contributed by atoms with Crippen LogP contribution in [0.5, 0.6) is 0 Å². The Balaban J connectivity index is 1.50. The number of esters is 1. The number of benzene rings is 1. The number of carbonyl (C=O) groups excluding carboxylic acids is 4. The van der Waals surface area contributed by atoms with E-state index in [1.807, 2.05) is 49.1 Å². The first-order chi connectivity index (χ1) is 23.6. The van der Waals surface area contributed by atoms with E-state index in [0.29, 0.717) is 31.4 Å². The zero-order valence-corrected chi connectivity index (χ0v) is 30.4. The lowest BCUT2D eigenvalue weighted by Gasteiger charge is -2.42. The van der Waals surface area contributed by atoms with Crippen LogP contribution in [0.2, 0.25) is 0 Å². The van der Waals surface area contributed by atoms with E-state index < -0.39 is 47.7 Å². The molecular weight excluding hydrogens is 690 g/mol. The van der Waals surface area contributed by atoms with E-state index in [4.69, 9.17) is 9.47 Å². The number of aliphatic hydroxyl groups excluding tert-OH is 1. The van der Waals surface area contributed by atoms with Crippen molar-refractivity contribution in [1.29, 1.82) is 0 Å². The zero-order valence-electron chi connectivity index (χ0n) is 28.8. The zero-order chi connectivity index (χ0) is 35.3. The largest absolute Gasteiger partial charge is 0.455 e. The van der Waals surface area contributed by atoms with Gasteiger partial charge in [-0.3, -0.25) is 19.2 Å². The van der Waals surface area contributed by atoms with Crippen molar-refractivity contribution in [2.24, 2.45) is 17.8 Å². The van der Waals surface area contributed by atoms with Gasteiger partial charge in [0, 0.05) is 23.8 Å². The first kappa shape index (κ1) is 37.2. The standard InChI is InChI=1S/C38H52BrN3O7/c1-5-7-18-30(44)40-22-29(25-14-10-8-11-15-25)48-37(47)31-32-35(45)42(27(23-43)20-24(3)4)34(38(32)21-28(39)33(31)49-38)36(46)41(19-6-2)26-16-12-9-13-17-26/h5-6,8,10-11,14-15,24,26-29,31-34,43H,1-2,7,9,12-13,16-23H2,3-4H3,(H,40,44)/t27-,28?,29+,31+,32-,33+,34+,38-/m1/s1. The second-order valence-corrected chi connectivity index (χ2v) is 15.6. The molecule has 1 spiro atoms. The van der Waals surface area contributed by atoms with E-state index in [-0.39, 0.29) is 54.1 Å². The second kappa shape index (κ2) is 16.3. The molecule has 268 valence electrons. The van der Waals surface area contributed by atoms with Gasteiger partial charge in [0.1, 0.15) is 17.7 Å². The van der Waals surface area contributed by atoms with Crippen molar-refractivity contribution in [3.8, 4) is 0 Å². The third-order valence-electron chi connectivity index (χ3n) is 10.7. The number of nitrogens with one attached hydrogen (secondary N) is 1. The predicted octanol–water partition coefficient (Wildman–Crippen LogP) is 4.86. The average Bonchev–Trinajstić information content (AvgIpc) is 3.70. The van der Waals surface area contributed by atoms with Gasteiger partial charge in [-0.2, -0.15) is 0 Å². The fourth-order valence-electron chi connectivity index (χ4n) is 8.58. The molecule has 8 atom stereocenters. The number of halogens is 1. The monoisotopic (exact) mass is 741 g/mol. The molecule has 1 aliphatic carbocycles. The number of ether oxygens (including phenoxy) is 2. The van der Waals surface area contributed by atoms with Gasteiger partial charge in [-0.1, -0.05) is 91.5 Å². The smallest absolute Gasteiger partial charge is 0.313 e. The van der Waals surface area contributed by atoms with Crippen LogP contribution in [0.4, 0.5) is 0 Å². The maximum absolute atomic E-state index is 14.9. The van der Waals surface area contributed by atoms with Crippen LogP contribution in [0.15, 0.2) is 55.6 Å². The van der Waals surface area contributed by atoms with E-state index in [0.717, 1.165) is 32.1 Å². The molecule has 1 unspecified atom stereocenters. The number of aliphatic hydroxyl groups is 1. The summed E-state index contributed by atoms with van der Waals surface area (Å²) >= 11 is 3.76. The fraction of sp³-hybridized carbons (Fsp3) is 0.632. The van der Waals surface area contributed by atoms with Crippen LogP contribution >= 0.6 is 15.9 Å². The topological polar surface area (TPSA) is 125 Å². The molecule has 3 aliphatic heterocycles. The fourth-order valence-corrected chi connectivity index (χ4v) is 9.52. The Morgan fingerprint density at radius 1 is 1.16 bits per heavy atom. The summed E-state index contributed by atoms with van der Waals surface area (Å²) in [7, 11) is 0. The van der Waals surface area contributed by atoms with Crippen molar-refractivity contribution < 1.29 is 33.8 Å². The predicted molar refractivity (Wildman–Crippen MR) is 189 cm³/mol. The first-order valence-electron chi connectivity index (χ1n) is 17.9. The highest BCUT2D eigenvalue weighted by Crippen LogP contribution is 2.61. The number of amides is 3. The SMILES string of the molecule is C=CCCC(=O)NC[C@H](OC(=O)[C@@H]1[C@H]2O[C@@]3(CC2Br)[C@H](C(=O)N(CC=C)C2CCCCC2)N([C@@H](CO)CC(C)C)C(=O)[C@@H]13)c1ccccc1. The van der Waals surface area contributed by atoms with Crippen molar-refractivity contribution in [3.63, 3.8) is 0 Å². The number of nitrogens with zero attached hydrogens (tertiary/aromatic N) is 2. The molecule has 11 heteroatoms.